The van der Waals surface area contributed by atoms with Crippen molar-refractivity contribution in [3.63, 3.8) is 0 Å². The minimum absolute atomic E-state index is 0.577. The molecule has 0 amide bonds. The molecule has 0 heterocycles. The molecule has 4 atom stereocenters. The number of rotatable bonds is 3. The van der Waals surface area contributed by atoms with Crippen molar-refractivity contribution in [2.75, 3.05) is 6.61 Å². The zero-order valence-corrected chi connectivity index (χ0v) is 10.9. The molecule has 2 aliphatic carbocycles. The molecule has 2 aliphatic rings. The average molecular weight is 260 g/mol. The fourth-order valence-electron chi connectivity index (χ4n) is 3.59. The lowest BCUT2D eigenvalue weighted by atomic mass is 9.93. The summed E-state index contributed by atoms with van der Waals surface area (Å²) in [4.78, 5) is 11.8. The molecule has 6 nitrogen and oxygen atoms in total. The van der Waals surface area contributed by atoms with E-state index in [4.69, 9.17) is 5.11 Å². The fourth-order valence-corrected chi connectivity index (χ4v) is 3.59. The Morgan fingerprint density at radius 2 is 1.50 bits per heavy atom. The van der Waals surface area contributed by atoms with Crippen LogP contribution in [0.15, 0.2) is 0 Å². The molecule has 0 aromatic rings. The molecular formula is C12H20O6. The van der Waals surface area contributed by atoms with E-state index in [-0.39, 0.29) is 0 Å². The quantitative estimate of drug-likeness (QED) is 0.408. The van der Waals surface area contributed by atoms with Crippen LogP contribution in [0.3, 0.4) is 0 Å². The number of hydrogen-bond acceptors (Lipinski definition) is 6. The summed E-state index contributed by atoms with van der Waals surface area (Å²) >= 11 is 0. The third kappa shape index (κ3) is 0.886. The second-order valence-electron chi connectivity index (χ2n) is 6.46. The van der Waals surface area contributed by atoms with Crippen molar-refractivity contribution >= 4 is 5.78 Å². The zero-order valence-electron chi connectivity index (χ0n) is 10.9. The van der Waals surface area contributed by atoms with Gasteiger partial charge in [0.25, 0.3) is 0 Å². The third-order valence-corrected chi connectivity index (χ3v) is 5.26. The fraction of sp³-hybridized carbons (Fsp3) is 0.917. The molecule has 0 spiro atoms. The Balaban J connectivity index is 2.51. The Morgan fingerprint density at radius 3 is 1.78 bits per heavy atom. The van der Waals surface area contributed by atoms with Gasteiger partial charge < -0.3 is 25.5 Å². The van der Waals surface area contributed by atoms with Crippen LogP contribution < -0.4 is 0 Å². The van der Waals surface area contributed by atoms with Crippen LogP contribution in [-0.2, 0) is 4.79 Å². The Hall–Kier alpha value is -0.530. The number of carbonyl (C=O) groups excluding carboxylic acids is 1. The van der Waals surface area contributed by atoms with Crippen LogP contribution in [0.1, 0.15) is 27.7 Å². The smallest absolute Gasteiger partial charge is 0.177 e. The highest BCUT2D eigenvalue weighted by molar-refractivity contribution is 6.13. The van der Waals surface area contributed by atoms with Crippen LogP contribution in [0, 0.1) is 10.8 Å². The van der Waals surface area contributed by atoms with E-state index in [1.165, 1.54) is 27.7 Å². The molecule has 18 heavy (non-hydrogen) atoms. The van der Waals surface area contributed by atoms with Crippen molar-refractivity contribution in [2.45, 2.75) is 50.6 Å². The van der Waals surface area contributed by atoms with E-state index < -0.39 is 46.1 Å². The number of hydrogen-bond donors (Lipinski definition) is 5. The molecular weight excluding hydrogens is 240 g/mol. The molecule has 0 aromatic carbocycles. The predicted molar refractivity (Wildman–Crippen MR) is 60.5 cm³/mol. The lowest BCUT2D eigenvalue weighted by Crippen LogP contribution is -2.49. The highest BCUT2D eigenvalue weighted by Crippen LogP contribution is 2.78. The second-order valence-corrected chi connectivity index (χ2v) is 6.46. The number of carbonyl (C=O) groups is 1. The van der Waals surface area contributed by atoms with Gasteiger partial charge in [-0.05, 0) is 13.8 Å². The van der Waals surface area contributed by atoms with Crippen molar-refractivity contribution in [1.29, 1.82) is 0 Å². The Bertz CT molecular complexity index is 430. The summed E-state index contributed by atoms with van der Waals surface area (Å²) in [6.07, 6.45) is -1.63. The maximum atomic E-state index is 11.8. The van der Waals surface area contributed by atoms with Gasteiger partial charge >= 0.3 is 0 Å². The summed E-state index contributed by atoms with van der Waals surface area (Å²) in [7, 11) is 0. The Kier molecular flexibility index (Phi) is 2.29. The van der Waals surface area contributed by atoms with Gasteiger partial charge in [-0.3, -0.25) is 4.79 Å². The van der Waals surface area contributed by atoms with Gasteiger partial charge in [0.15, 0.2) is 11.4 Å². The van der Waals surface area contributed by atoms with Crippen LogP contribution in [-0.4, -0.2) is 60.8 Å². The summed E-state index contributed by atoms with van der Waals surface area (Å²) < 4.78 is 0. The van der Waals surface area contributed by atoms with E-state index in [1.807, 2.05) is 0 Å². The molecule has 0 aliphatic heterocycles. The van der Waals surface area contributed by atoms with Crippen LogP contribution in [0.4, 0.5) is 0 Å². The molecule has 0 bridgehead atoms. The van der Waals surface area contributed by atoms with Gasteiger partial charge in [-0.1, -0.05) is 13.8 Å². The van der Waals surface area contributed by atoms with Gasteiger partial charge in [-0.2, -0.15) is 0 Å². The summed E-state index contributed by atoms with van der Waals surface area (Å²) in [5.41, 5.74) is -8.88. The molecule has 2 fully saturated rings. The summed E-state index contributed by atoms with van der Waals surface area (Å²) in [6, 6.07) is 0. The maximum absolute atomic E-state index is 11.8. The molecule has 0 unspecified atom stereocenters. The van der Waals surface area contributed by atoms with Crippen molar-refractivity contribution in [1.82, 2.24) is 0 Å². The van der Waals surface area contributed by atoms with Gasteiger partial charge in [0.05, 0.1) is 12.0 Å². The molecule has 2 saturated carbocycles. The molecule has 6 heteroatoms. The maximum Gasteiger partial charge on any atom is 0.177 e. The molecule has 0 radical (unpaired) electrons. The van der Waals surface area contributed by atoms with Crippen LogP contribution in [0.5, 0.6) is 0 Å². The highest BCUT2D eigenvalue weighted by atomic mass is 16.4. The van der Waals surface area contributed by atoms with E-state index in [2.05, 4.69) is 0 Å². The topological polar surface area (TPSA) is 118 Å². The molecule has 2 rings (SSSR count). The number of aliphatic hydroxyl groups is 5. The van der Waals surface area contributed by atoms with Gasteiger partial charge in [0.2, 0.25) is 0 Å². The normalized spacial score (nSPS) is 49.9. The summed E-state index contributed by atoms with van der Waals surface area (Å²) in [5.74, 6) is -0.577. The second kappa shape index (κ2) is 2.96. The van der Waals surface area contributed by atoms with Crippen LogP contribution in [0.2, 0.25) is 0 Å². The first-order valence-electron chi connectivity index (χ1n) is 5.90. The zero-order chi connectivity index (χ0) is 14.4. The first kappa shape index (κ1) is 13.9. The minimum Gasteiger partial charge on any atom is -0.394 e. The average Bonchev–Trinajstić information content (AvgIpc) is 2.87. The third-order valence-electron chi connectivity index (χ3n) is 5.26. The summed E-state index contributed by atoms with van der Waals surface area (Å²) in [6.45, 7) is 5.03. The molecule has 0 saturated heterocycles. The standard InChI is InChI=1S/C12H20O6/c1-8(2)7(15)11(8,17)12(18)9(3,4)10(12,16)6(14)5-13/h6,13-14,16-18H,5H2,1-4H3/t6-,10-,11-,12+/m1/s1. The van der Waals surface area contributed by atoms with Crippen LogP contribution >= 0.6 is 0 Å². The number of Topliss-reactive ketones (excluding diaryl/α,β-unsaturated/α-hetero) is 1. The van der Waals surface area contributed by atoms with E-state index in [1.54, 1.807) is 0 Å². The van der Waals surface area contributed by atoms with Gasteiger partial charge in [0.1, 0.15) is 17.3 Å². The van der Waals surface area contributed by atoms with Crippen molar-refractivity contribution in [3.05, 3.63) is 0 Å². The number of aliphatic hydroxyl groups excluding tert-OH is 2. The monoisotopic (exact) mass is 260 g/mol. The first-order valence-corrected chi connectivity index (χ1v) is 5.90. The first-order chi connectivity index (χ1) is 7.89. The largest absolute Gasteiger partial charge is 0.394 e. The Morgan fingerprint density at radius 1 is 1.11 bits per heavy atom. The summed E-state index contributed by atoms with van der Waals surface area (Å²) in [5, 5.41) is 50.0. The van der Waals surface area contributed by atoms with Crippen molar-refractivity contribution in [3.8, 4) is 0 Å². The van der Waals surface area contributed by atoms with Crippen molar-refractivity contribution < 1.29 is 30.3 Å². The minimum atomic E-state index is -2.17. The van der Waals surface area contributed by atoms with Crippen LogP contribution in [0.25, 0.3) is 0 Å². The number of ketones is 1. The van der Waals surface area contributed by atoms with Gasteiger partial charge in [-0.15, -0.1) is 0 Å². The highest BCUT2D eigenvalue weighted by Gasteiger charge is 2.99. The SMILES string of the molecule is CC1(C)C(=O)[C@]1(O)[C@]1(O)C(C)(C)[C@]1(O)[C@H](O)CO. The van der Waals surface area contributed by atoms with E-state index in [9.17, 15) is 25.2 Å². The molecule has 104 valence electrons. The lowest BCUT2D eigenvalue weighted by Gasteiger charge is -2.25. The van der Waals surface area contributed by atoms with E-state index >= 15 is 0 Å². The lowest BCUT2D eigenvalue weighted by molar-refractivity contribution is -0.143. The molecule has 5 N–H and O–H groups in total. The van der Waals surface area contributed by atoms with Gasteiger partial charge in [-0.25, -0.2) is 0 Å². The molecule has 0 aromatic heterocycles. The predicted octanol–water partition coefficient (Wildman–Crippen LogP) is -1.82. The van der Waals surface area contributed by atoms with E-state index in [0.29, 0.717) is 0 Å². The van der Waals surface area contributed by atoms with Gasteiger partial charge in [0, 0.05) is 5.41 Å². The van der Waals surface area contributed by atoms with Crippen molar-refractivity contribution in [2.24, 2.45) is 10.8 Å². The van der Waals surface area contributed by atoms with E-state index in [0.717, 1.165) is 0 Å². The Labute approximate surface area is 105 Å².